The van der Waals surface area contributed by atoms with Crippen molar-refractivity contribution in [2.24, 2.45) is 0 Å². The van der Waals surface area contributed by atoms with Crippen LogP contribution in [0.1, 0.15) is 20.3 Å². The molecule has 1 aliphatic rings. The fourth-order valence-corrected chi connectivity index (χ4v) is 2.37. The molecule has 5 nitrogen and oxygen atoms in total. The topological polar surface area (TPSA) is 56.3 Å². The average Bonchev–Trinajstić information content (AvgIpc) is 2.87. The van der Waals surface area contributed by atoms with Crippen LogP contribution in [0.5, 0.6) is 11.5 Å². The molecule has 1 unspecified atom stereocenters. The fraction of sp³-hybridized carbons (Fsp3) is 0.385. The van der Waals surface area contributed by atoms with Crippen LogP contribution in [-0.2, 0) is 0 Å². The van der Waals surface area contributed by atoms with Gasteiger partial charge in [-0.05, 0) is 35.3 Å². The van der Waals surface area contributed by atoms with Crippen LogP contribution >= 0.6 is 15.9 Å². The maximum atomic E-state index is 5.42. The van der Waals surface area contributed by atoms with Gasteiger partial charge in [0.1, 0.15) is 0 Å². The number of nitrogens with zero attached hydrogens (tertiary/aromatic N) is 2. The Hall–Kier alpha value is -1.56. The van der Waals surface area contributed by atoms with Crippen LogP contribution in [0, 0.1) is 0 Å². The molecule has 0 fully saturated rings. The second-order valence-corrected chi connectivity index (χ2v) is 5.29. The predicted molar refractivity (Wildman–Crippen MR) is 76.7 cm³/mol. The lowest BCUT2D eigenvalue weighted by Crippen LogP contribution is -2.14. The molecule has 19 heavy (non-hydrogen) atoms. The summed E-state index contributed by atoms with van der Waals surface area (Å²) in [5, 5.41) is 12.7. The van der Waals surface area contributed by atoms with Crippen molar-refractivity contribution in [2.45, 2.75) is 26.3 Å². The summed E-state index contributed by atoms with van der Waals surface area (Å²) in [5.41, 5.74) is 1.73. The van der Waals surface area contributed by atoms with Gasteiger partial charge in [0.2, 0.25) is 6.79 Å². The van der Waals surface area contributed by atoms with E-state index in [2.05, 4.69) is 45.3 Å². The van der Waals surface area contributed by atoms with Crippen molar-refractivity contribution in [2.75, 3.05) is 12.1 Å². The number of halogens is 1. The van der Waals surface area contributed by atoms with E-state index in [4.69, 9.17) is 9.47 Å². The van der Waals surface area contributed by atoms with Gasteiger partial charge in [0.05, 0.1) is 11.2 Å². The zero-order valence-electron chi connectivity index (χ0n) is 10.7. The Labute approximate surface area is 119 Å². The highest BCUT2D eigenvalue weighted by atomic mass is 79.9. The summed E-state index contributed by atoms with van der Waals surface area (Å²) in [6.07, 6.45) is 1.03. The Morgan fingerprint density at radius 2 is 2.05 bits per heavy atom. The summed E-state index contributed by atoms with van der Waals surface area (Å²) >= 11 is 3.45. The second kappa shape index (κ2) is 4.85. The van der Waals surface area contributed by atoms with Gasteiger partial charge >= 0.3 is 0 Å². The summed E-state index contributed by atoms with van der Waals surface area (Å²) in [6.45, 7) is 4.52. The molecule has 100 valence electrons. The monoisotopic (exact) mass is 323 g/mol. The van der Waals surface area contributed by atoms with E-state index in [0.29, 0.717) is 10.6 Å². The lowest BCUT2D eigenvalue weighted by atomic mass is 10.1. The third kappa shape index (κ3) is 2.20. The number of aromatic nitrogens is 2. The Morgan fingerprint density at radius 3 is 2.79 bits per heavy atom. The number of hydrogen-bond donors (Lipinski definition) is 1. The first-order valence-corrected chi connectivity index (χ1v) is 7.00. The summed E-state index contributed by atoms with van der Waals surface area (Å²) in [7, 11) is 0. The van der Waals surface area contributed by atoms with Crippen LogP contribution in [0.4, 0.5) is 5.69 Å². The standard InChI is InChI=1S/C13H14BrN3O2/c1-3-7(2)15-12-8-4-10-11(19-6-18-10)5-9(8)16-17-13(12)14/h4-5,7H,3,6H2,1-2H3,(H,15,16). The summed E-state index contributed by atoms with van der Waals surface area (Å²) in [5.74, 6) is 1.47. The van der Waals surface area contributed by atoms with Crippen molar-refractivity contribution in [3.63, 3.8) is 0 Å². The molecule has 0 aliphatic carbocycles. The van der Waals surface area contributed by atoms with Crippen molar-refractivity contribution >= 4 is 32.5 Å². The summed E-state index contributed by atoms with van der Waals surface area (Å²) in [6, 6.07) is 4.16. The van der Waals surface area contributed by atoms with E-state index in [1.807, 2.05) is 12.1 Å². The van der Waals surface area contributed by atoms with Crippen LogP contribution in [0.2, 0.25) is 0 Å². The molecule has 1 N–H and O–H groups in total. The van der Waals surface area contributed by atoms with Gasteiger partial charge in [-0.15, -0.1) is 10.2 Å². The van der Waals surface area contributed by atoms with Gasteiger partial charge in [0.25, 0.3) is 0 Å². The van der Waals surface area contributed by atoms with Gasteiger partial charge in [0, 0.05) is 17.5 Å². The first-order valence-electron chi connectivity index (χ1n) is 6.21. The van der Waals surface area contributed by atoms with Gasteiger partial charge in [0.15, 0.2) is 16.1 Å². The van der Waals surface area contributed by atoms with Crippen molar-refractivity contribution in [1.29, 1.82) is 0 Å². The summed E-state index contributed by atoms with van der Waals surface area (Å²) in [4.78, 5) is 0. The molecular formula is C13H14BrN3O2. The molecule has 1 aliphatic heterocycles. The molecule has 0 bridgehead atoms. The van der Waals surface area contributed by atoms with Crippen molar-refractivity contribution in [3.8, 4) is 11.5 Å². The number of rotatable bonds is 3. The average molecular weight is 324 g/mol. The highest BCUT2D eigenvalue weighted by Crippen LogP contribution is 2.39. The van der Waals surface area contributed by atoms with Crippen LogP contribution in [0.3, 0.4) is 0 Å². The number of ether oxygens (including phenoxy) is 2. The minimum atomic E-state index is 0.258. The van der Waals surface area contributed by atoms with Gasteiger partial charge in [-0.1, -0.05) is 6.92 Å². The quantitative estimate of drug-likeness (QED) is 0.938. The number of anilines is 1. The van der Waals surface area contributed by atoms with Gasteiger partial charge in [-0.25, -0.2) is 0 Å². The molecule has 0 saturated heterocycles. The summed E-state index contributed by atoms with van der Waals surface area (Å²) < 4.78 is 11.5. The first kappa shape index (κ1) is 12.5. The van der Waals surface area contributed by atoms with Crippen molar-refractivity contribution in [1.82, 2.24) is 10.2 Å². The van der Waals surface area contributed by atoms with Gasteiger partial charge in [-0.3, -0.25) is 0 Å². The highest BCUT2D eigenvalue weighted by Gasteiger charge is 2.18. The maximum absolute atomic E-state index is 5.42. The first-order chi connectivity index (χ1) is 9.19. The fourth-order valence-electron chi connectivity index (χ4n) is 1.96. The number of nitrogens with one attached hydrogen (secondary N) is 1. The molecule has 1 aromatic heterocycles. The normalized spacial score (nSPS) is 14.7. The Morgan fingerprint density at radius 1 is 1.32 bits per heavy atom. The number of benzene rings is 1. The number of hydrogen-bond acceptors (Lipinski definition) is 5. The van der Waals surface area contributed by atoms with E-state index in [-0.39, 0.29) is 6.79 Å². The SMILES string of the molecule is CCC(C)Nc1c(Br)nnc2cc3c(cc12)OCO3. The van der Waals surface area contributed by atoms with Gasteiger partial charge < -0.3 is 14.8 Å². The maximum Gasteiger partial charge on any atom is 0.231 e. The molecular weight excluding hydrogens is 310 g/mol. The minimum Gasteiger partial charge on any atom is -0.454 e. The minimum absolute atomic E-state index is 0.258. The zero-order valence-corrected chi connectivity index (χ0v) is 12.3. The molecule has 0 spiro atoms. The molecule has 0 amide bonds. The lowest BCUT2D eigenvalue weighted by Gasteiger charge is -2.15. The second-order valence-electron chi connectivity index (χ2n) is 4.54. The van der Waals surface area contributed by atoms with E-state index in [0.717, 1.165) is 34.5 Å². The van der Waals surface area contributed by atoms with Crippen molar-refractivity contribution < 1.29 is 9.47 Å². The molecule has 1 aromatic carbocycles. The molecule has 0 saturated carbocycles. The smallest absolute Gasteiger partial charge is 0.231 e. The van der Waals surface area contributed by atoms with E-state index in [1.165, 1.54) is 0 Å². The molecule has 6 heteroatoms. The molecule has 1 atom stereocenters. The molecule has 0 radical (unpaired) electrons. The van der Waals surface area contributed by atoms with E-state index in [9.17, 15) is 0 Å². The van der Waals surface area contributed by atoms with Crippen LogP contribution < -0.4 is 14.8 Å². The van der Waals surface area contributed by atoms with E-state index in [1.54, 1.807) is 0 Å². The lowest BCUT2D eigenvalue weighted by molar-refractivity contribution is 0.174. The Balaban J connectivity index is 2.16. The van der Waals surface area contributed by atoms with E-state index < -0.39 is 0 Å². The van der Waals surface area contributed by atoms with E-state index >= 15 is 0 Å². The third-order valence-corrected chi connectivity index (χ3v) is 3.77. The van der Waals surface area contributed by atoms with Gasteiger partial charge in [-0.2, -0.15) is 0 Å². The van der Waals surface area contributed by atoms with Crippen LogP contribution in [0.15, 0.2) is 16.7 Å². The van der Waals surface area contributed by atoms with Crippen LogP contribution in [-0.4, -0.2) is 23.0 Å². The Kier molecular flexibility index (Phi) is 3.18. The molecule has 2 heterocycles. The van der Waals surface area contributed by atoms with Crippen molar-refractivity contribution in [3.05, 3.63) is 16.7 Å². The van der Waals surface area contributed by atoms with Crippen LogP contribution in [0.25, 0.3) is 10.9 Å². The third-order valence-electron chi connectivity index (χ3n) is 3.22. The highest BCUT2D eigenvalue weighted by molar-refractivity contribution is 9.10. The largest absolute Gasteiger partial charge is 0.454 e. The molecule has 2 aromatic rings. The Bertz CT molecular complexity index is 633. The predicted octanol–water partition coefficient (Wildman–Crippen LogP) is 3.33. The molecule has 3 rings (SSSR count). The number of fused-ring (bicyclic) bond motifs is 2. The zero-order chi connectivity index (χ0) is 13.4.